The van der Waals surface area contributed by atoms with Gasteiger partial charge >= 0.3 is 12.2 Å². The van der Waals surface area contributed by atoms with E-state index in [-0.39, 0.29) is 13.2 Å². The summed E-state index contributed by atoms with van der Waals surface area (Å²) < 4.78 is 8.54. The van der Waals surface area contributed by atoms with E-state index < -0.39 is 12.2 Å². The number of hydrogen-bond acceptors (Lipinski definition) is 4. The molecule has 0 radical (unpaired) electrons. The van der Waals surface area contributed by atoms with Gasteiger partial charge in [0.25, 0.3) is 0 Å². The Morgan fingerprint density at radius 3 is 2.64 bits per heavy atom. The molecule has 0 aliphatic rings. The highest BCUT2D eigenvalue weighted by atomic mass is 16.6. The van der Waals surface area contributed by atoms with E-state index in [1.54, 1.807) is 0 Å². The molecule has 0 rings (SSSR count). The van der Waals surface area contributed by atoms with E-state index in [1.165, 1.54) is 7.11 Å². The SMILES string of the molecule is COC(=O)NCCOC(N)=O. The number of alkyl carbamates (subject to hydrolysis) is 1. The van der Waals surface area contributed by atoms with Crippen molar-refractivity contribution in [3.63, 3.8) is 0 Å². The molecule has 0 bridgehead atoms. The van der Waals surface area contributed by atoms with Gasteiger partial charge in [0.05, 0.1) is 13.7 Å². The molecule has 0 saturated heterocycles. The van der Waals surface area contributed by atoms with Crippen LogP contribution < -0.4 is 11.1 Å². The summed E-state index contributed by atoms with van der Waals surface area (Å²) in [4.78, 5) is 20.3. The Kier molecular flexibility index (Phi) is 4.63. The Morgan fingerprint density at radius 2 is 2.18 bits per heavy atom. The molecular weight excluding hydrogens is 152 g/mol. The molecule has 64 valence electrons. The van der Waals surface area contributed by atoms with Crippen molar-refractivity contribution in [2.24, 2.45) is 5.73 Å². The quantitative estimate of drug-likeness (QED) is 0.544. The number of rotatable bonds is 3. The van der Waals surface area contributed by atoms with Gasteiger partial charge in [-0.05, 0) is 0 Å². The van der Waals surface area contributed by atoms with Gasteiger partial charge in [-0.3, -0.25) is 0 Å². The normalized spacial score (nSPS) is 8.45. The largest absolute Gasteiger partial charge is 0.453 e. The number of carbonyl (C=O) groups excluding carboxylic acids is 2. The van der Waals surface area contributed by atoms with Gasteiger partial charge in [-0.2, -0.15) is 0 Å². The summed E-state index contributed by atoms with van der Waals surface area (Å²) in [5, 5.41) is 2.29. The lowest BCUT2D eigenvalue weighted by Gasteiger charge is -2.02. The van der Waals surface area contributed by atoms with Crippen molar-refractivity contribution in [1.29, 1.82) is 0 Å². The van der Waals surface area contributed by atoms with Gasteiger partial charge in [0.2, 0.25) is 0 Å². The van der Waals surface area contributed by atoms with E-state index in [0.29, 0.717) is 0 Å². The maximum atomic E-state index is 10.4. The van der Waals surface area contributed by atoms with Gasteiger partial charge in [0.1, 0.15) is 6.61 Å². The summed E-state index contributed by atoms with van der Waals surface area (Å²) in [6, 6.07) is 0. The monoisotopic (exact) mass is 162 g/mol. The van der Waals surface area contributed by atoms with E-state index in [1.807, 2.05) is 0 Å². The lowest BCUT2D eigenvalue weighted by Crippen LogP contribution is -2.28. The van der Waals surface area contributed by atoms with Crippen LogP contribution in [0.25, 0.3) is 0 Å². The molecule has 0 unspecified atom stereocenters. The summed E-state index contributed by atoms with van der Waals surface area (Å²) in [7, 11) is 1.24. The van der Waals surface area contributed by atoms with Gasteiger partial charge in [-0.15, -0.1) is 0 Å². The van der Waals surface area contributed by atoms with Gasteiger partial charge < -0.3 is 20.5 Å². The predicted octanol–water partition coefficient (Wildman–Crippen LogP) is -0.562. The molecule has 0 aromatic rings. The van der Waals surface area contributed by atoms with Crippen LogP contribution in [0.15, 0.2) is 0 Å². The van der Waals surface area contributed by atoms with Crippen molar-refractivity contribution in [2.75, 3.05) is 20.3 Å². The van der Waals surface area contributed by atoms with Crippen LogP contribution in [-0.2, 0) is 9.47 Å². The molecule has 0 aromatic carbocycles. The molecule has 0 aliphatic heterocycles. The molecule has 2 amide bonds. The minimum absolute atomic E-state index is 0.0461. The smallest absolute Gasteiger partial charge is 0.406 e. The first kappa shape index (κ1) is 9.54. The third-order valence-corrected chi connectivity index (χ3v) is 0.801. The Hall–Kier alpha value is -1.46. The first-order chi connectivity index (χ1) is 5.16. The third-order valence-electron chi connectivity index (χ3n) is 0.801. The topological polar surface area (TPSA) is 90.7 Å². The molecule has 6 heteroatoms. The second kappa shape index (κ2) is 5.33. The van der Waals surface area contributed by atoms with E-state index in [0.717, 1.165) is 0 Å². The molecule has 0 heterocycles. The van der Waals surface area contributed by atoms with E-state index >= 15 is 0 Å². The molecule has 3 N–H and O–H groups in total. The first-order valence-electron chi connectivity index (χ1n) is 2.91. The number of hydrogen-bond donors (Lipinski definition) is 2. The van der Waals surface area contributed by atoms with Crippen molar-refractivity contribution in [1.82, 2.24) is 5.32 Å². The van der Waals surface area contributed by atoms with Crippen molar-refractivity contribution in [2.45, 2.75) is 0 Å². The summed E-state index contributed by atoms with van der Waals surface area (Å²) in [6.07, 6.45) is -1.44. The fourth-order valence-electron chi connectivity index (χ4n) is 0.377. The van der Waals surface area contributed by atoms with Crippen molar-refractivity contribution >= 4 is 12.2 Å². The van der Waals surface area contributed by atoms with Crippen LogP contribution in [0.2, 0.25) is 0 Å². The van der Waals surface area contributed by atoms with Crippen LogP contribution in [0, 0.1) is 0 Å². The molecule has 6 nitrogen and oxygen atoms in total. The summed E-state index contributed by atoms with van der Waals surface area (Å²) in [6.45, 7) is 0.236. The summed E-state index contributed by atoms with van der Waals surface area (Å²) in [5.74, 6) is 0. The van der Waals surface area contributed by atoms with Crippen LogP contribution in [0.1, 0.15) is 0 Å². The molecule has 0 aliphatic carbocycles. The van der Waals surface area contributed by atoms with Crippen LogP contribution in [0.3, 0.4) is 0 Å². The van der Waals surface area contributed by atoms with Crippen molar-refractivity contribution in [3.05, 3.63) is 0 Å². The van der Waals surface area contributed by atoms with Crippen LogP contribution in [0.5, 0.6) is 0 Å². The minimum atomic E-state index is -0.864. The maximum absolute atomic E-state index is 10.4. The van der Waals surface area contributed by atoms with Crippen LogP contribution in [-0.4, -0.2) is 32.4 Å². The van der Waals surface area contributed by atoms with Crippen molar-refractivity contribution in [3.8, 4) is 0 Å². The lowest BCUT2D eigenvalue weighted by atomic mass is 10.7. The zero-order chi connectivity index (χ0) is 8.69. The number of carbonyl (C=O) groups is 2. The molecule has 0 saturated carbocycles. The number of nitrogens with two attached hydrogens (primary N) is 1. The van der Waals surface area contributed by atoms with Gasteiger partial charge in [0, 0.05) is 0 Å². The van der Waals surface area contributed by atoms with E-state index in [9.17, 15) is 9.59 Å². The fraction of sp³-hybridized carbons (Fsp3) is 0.600. The molecular formula is C5H10N2O4. The number of ether oxygens (including phenoxy) is 2. The third kappa shape index (κ3) is 6.42. The maximum Gasteiger partial charge on any atom is 0.406 e. The number of nitrogens with one attached hydrogen (secondary N) is 1. The number of amides is 2. The molecule has 0 fully saturated rings. The average molecular weight is 162 g/mol. The average Bonchev–Trinajstić information content (AvgIpc) is 1.97. The standard InChI is InChI=1S/C5H10N2O4/c1-10-5(9)7-2-3-11-4(6)8/h2-3H2,1H3,(H2,6,8)(H,7,9). The summed E-state index contributed by atoms with van der Waals surface area (Å²) >= 11 is 0. The highest BCUT2D eigenvalue weighted by Crippen LogP contribution is 1.73. The van der Waals surface area contributed by atoms with Gasteiger partial charge in [0.15, 0.2) is 0 Å². The Bertz CT molecular complexity index is 147. The Labute approximate surface area is 63.6 Å². The predicted molar refractivity (Wildman–Crippen MR) is 35.9 cm³/mol. The van der Waals surface area contributed by atoms with E-state index in [4.69, 9.17) is 0 Å². The Balaban J connectivity index is 3.14. The highest BCUT2D eigenvalue weighted by molar-refractivity contribution is 5.67. The number of primary amides is 1. The highest BCUT2D eigenvalue weighted by Gasteiger charge is 1.97. The van der Waals surface area contributed by atoms with Gasteiger partial charge in [-0.25, -0.2) is 9.59 Å². The first-order valence-corrected chi connectivity index (χ1v) is 2.91. The molecule has 0 atom stereocenters. The van der Waals surface area contributed by atoms with Crippen molar-refractivity contribution < 1.29 is 19.1 Å². The minimum Gasteiger partial charge on any atom is -0.453 e. The second-order valence-corrected chi connectivity index (χ2v) is 1.59. The number of methoxy groups -OCH3 is 1. The molecule has 0 spiro atoms. The van der Waals surface area contributed by atoms with Crippen LogP contribution >= 0.6 is 0 Å². The van der Waals surface area contributed by atoms with Gasteiger partial charge in [-0.1, -0.05) is 0 Å². The summed E-state index contributed by atoms with van der Waals surface area (Å²) in [5.41, 5.74) is 4.64. The zero-order valence-corrected chi connectivity index (χ0v) is 6.12. The lowest BCUT2D eigenvalue weighted by molar-refractivity contribution is 0.148. The Morgan fingerprint density at radius 1 is 1.55 bits per heavy atom. The molecule has 11 heavy (non-hydrogen) atoms. The zero-order valence-electron chi connectivity index (χ0n) is 6.12. The second-order valence-electron chi connectivity index (χ2n) is 1.59. The van der Waals surface area contributed by atoms with E-state index in [2.05, 4.69) is 20.5 Å². The fourth-order valence-corrected chi connectivity index (χ4v) is 0.377. The molecule has 0 aromatic heterocycles. The van der Waals surface area contributed by atoms with Crippen LogP contribution in [0.4, 0.5) is 9.59 Å².